The van der Waals surface area contributed by atoms with E-state index in [-0.39, 0.29) is 17.0 Å². The third-order valence-corrected chi connectivity index (χ3v) is 2.27. The number of benzene rings is 1. The summed E-state index contributed by atoms with van der Waals surface area (Å²) in [6.45, 7) is -0.562. The topological polar surface area (TPSA) is 84.6 Å². The zero-order chi connectivity index (χ0) is 13.7. The molecular weight excluding hydrogens is 246 g/mol. The molecule has 1 unspecified atom stereocenters. The van der Waals surface area contributed by atoms with Crippen LogP contribution in [0.2, 0.25) is 0 Å². The summed E-state index contributed by atoms with van der Waals surface area (Å²) in [5.74, 6) is -0.441. The molecule has 0 aliphatic heterocycles. The number of hydrogen-bond acceptors (Lipinski definition) is 4. The van der Waals surface area contributed by atoms with Gasteiger partial charge in [0.15, 0.2) is 0 Å². The lowest BCUT2D eigenvalue weighted by atomic mass is 10.1. The molecule has 0 heterocycles. The van der Waals surface area contributed by atoms with E-state index in [1.807, 2.05) is 0 Å². The number of rotatable bonds is 5. The number of halogens is 2. The molecule has 18 heavy (non-hydrogen) atoms. The molecule has 0 spiro atoms. The molecule has 4 N–H and O–H groups in total. The number of carbonyl (C=O) groups is 1. The average molecular weight is 260 g/mol. The number of nitrogens with two attached hydrogens (primary N) is 1. The fraction of sp³-hybridized carbons (Fsp3) is 0.364. The summed E-state index contributed by atoms with van der Waals surface area (Å²) < 4.78 is 29.1. The number of ether oxygens (including phenoxy) is 1. The number of alkyl halides is 2. The van der Waals surface area contributed by atoms with Crippen molar-refractivity contribution < 1.29 is 23.4 Å². The number of nitrogen functional groups attached to an aromatic ring is 1. The Labute approximate surface area is 103 Å². The van der Waals surface area contributed by atoms with Crippen LogP contribution in [0, 0.1) is 0 Å². The van der Waals surface area contributed by atoms with Gasteiger partial charge in [-0.1, -0.05) is 6.07 Å². The van der Waals surface area contributed by atoms with E-state index in [1.165, 1.54) is 19.2 Å². The Kier molecular flexibility index (Phi) is 4.85. The van der Waals surface area contributed by atoms with Crippen molar-refractivity contribution in [2.24, 2.45) is 0 Å². The van der Waals surface area contributed by atoms with Crippen LogP contribution in [-0.2, 0) is 0 Å². The fourth-order valence-corrected chi connectivity index (χ4v) is 1.34. The molecule has 0 aliphatic carbocycles. The van der Waals surface area contributed by atoms with Crippen molar-refractivity contribution in [3.8, 4) is 5.75 Å². The number of carbonyl (C=O) groups excluding carboxylic acids is 1. The predicted molar refractivity (Wildman–Crippen MR) is 61.8 cm³/mol. The Morgan fingerprint density at radius 1 is 1.56 bits per heavy atom. The van der Waals surface area contributed by atoms with E-state index >= 15 is 0 Å². The first-order valence-electron chi connectivity index (χ1n) is 5.14. The van der Waals surface area contributed by atoms with Gasteiger partial charge in [-0.15, -0.1) is 0 Å². The van der Waals surface area contributed by atoms with Crippen LogP contribution >= 0.6 is 0 Å². The minimum atomic E-state index is -2.92. The molecule has 1 atom stereocenters. The molecule has 0 bridgehead atoms. The van der Waals surface area contributed by atoms with Gasteiger partial charge in [-0.25, -0.2) is 8.78 Å². The quantitative estimate of drug-likeness (QED) is 0.678. The first-order chi connectivity index (χ1) is 8.47. The molecule has 5 nitrogen and oxygen atoms in total. The summed E-state index contributed by atoms with van der Waals surface area (Å²) in [7, 11) is 1.36. The highest BCUT2D eigenvalue weighted by atomic mass is 19.3. The molecule has 0 fully saturated rings. The Hall–Kier alpha value is -1.89. The lowest BCUT2D eigenvalue weighted by Crippen LogP contribution is -2.36. The SMILES string of the molecule is COc1cccc(N)c1C(=O)NCC(O)C(F)F. The summed E-state index contributed by atoms with van der Waals surface area (Å²) in [4.78, 5) is 11.7. The summed E-state index contributed by atoms with van der Waals surface area (Å²) in [6.07, 6.45) is -4.83. The molecule has 7 heteroatoms. The van der Waals surface area contributed by atoms with Crippen molar-refractivity contribution in [1.29, 1.82) is 0 Å². The Balaban J connectivity index is 2.78. The van der Waals surface area contributed by atoms with Crippen molar-refractivity contribution >= 4 is 11.6 Å². The van der Waals surface area contributed by atoms with Crippen molar-refractivity contribution in [1.82, 2.24) is 5.32 Å². The van der Waals surface area contributed by atoms with Crippen molar-refractivity contribution in [3.63, 3.8) is 0 Å². The monoisotopic (exact) mass is 260 g/mol. The molecule has 0 aromatic heterocycles. The van der Waals surface area contributed by atoms with Crippen LogP contribution in [-0.4, -0.2) is 37.2 Å². The van der Waals surface area contributed by atoms with Crippen molar-refractivity contribution in [3.05, 3.63) is 23.8 Å². The fourth-order valence-electron chi connectivity index (χ4n) is 1.34. The van der Waals surface area contributed by atoms with Crippen molar-refractivity contribution in [2.75, 3.05) is 19.4 Å². The molecule has 1 aromatic carbocycles. The number of nitrogens with one attached hydrogen (secondary N) is 1. The van der Waals surface area contributed by atoms with Gasteiger partial charge in [-0.05, 0) is 12.1 Å². The predicted octanol–water partition coefficient (Wildman–Crippen LogP) is 0.633. The highest BCUT2D eigenvalue weighted by Gasteiger charge is 2.20. The second-order valence-electron chi connectivity index (χ2n) is 3.54. The highest BCUT2D eigenvalue weighted by Crippen LogP contribution is 2.23. The Bertz CT molecular complexity index is 427. The maximum absolute atomic E-state index is 12.1. The summed E-state index contributed by atoms with van der Waals surface area (Å²) in [5.41, 5.74) is 5.83. The van der Waals surface area contributed by atoms with Crippen LogP contribution in [0.4, 0.5) is 14.5 Å². The third-order valence-electron chi connectivity index (χ3n) is 2.27. The second-order valence-corrected chi connectivity index (χ2v) is 3.54. The Morgan fingerprint density at radius 2 is 2.22 bits per heavy atom. The van der Waals surface area contributed by atoms with E-state index < -0.39 is 25.0 Å². The van der Waals surface area contributed by atoms with Gasteiger partial charge in [-0.2, -0.15) is 0 Å². The molecule has 0 saturated heterocycles. The minimum Gasteiger partial charge on any atom is -0.496 e. The standard InChI is InChI=1S/C11H14F2N2O3/c1-18-8-4-2-3-6(14)9(8)11(17)15-5-7(16)10(12)13/h2-4,7,10,16H,5,14H2,1H3,(H,15,17). The lowest BCUT2D eigenvalue weighted by molar-refractivity contribution is -0.00270. The largest absolute Gasteiger partial charge is 0.496 e. The van der Waals surface area contributed by atoms with E-state index in [2.05, 4.69) is 5.32 Å². The summed E-state index contributed by atoms with van der Waals surface area (Å²) >= 11 is 0. The van der Waals surface area contributed by atoms with Crippen LogP contribution < -0.4 is 15.8 Å². The van der Waals surface area contributed by atoms with Gasteiger partial charge in [0.25, 0.3) is 12.3 Å². The molecule has 1 rings (SSSR count). The van der Waals surface area contributed by atoms with E-state index in [0.29, 0.717) is 0 Å². The normalized spacial score (nSPS) is 12.3. The van der Waals surface area contributed by atoms with Gasteiger partial charge in [0.2, 0.25) is 0 Å². The van der Waals surface area contributed by atoms with Crippen molar-refractivity contribution in [2.45, 2.75) is 12.5 Å². The van der Waals surface area contributed by atoms with Crippen LogP contribution in [0.1, 0.15) is 10.4 Å². The lowest BCUT2D eigenvalue weighted by Gasteiger charge is -2.13. The van der Waals surface area contributed by atoms with E-state index in [9.17, 15) is 13.6 Å². The molecule has 100 valence electrons. The third kappa shape index (κ3) is 3.30. The van der Waals surface area contributed by atoms with Gasteiger partial charge in [-0.3, -0.25) is 4.79 Å². The van der Waals surface area contributed by atoms with Crippen LogP contribution in [0.3, 0.4) is 0 Å². The van der Waals surface area contributed by atoms with Gasteiger partial charge in [0, 0.05) is 12.2 Å². The van der Waals surface area contributed by atoms with E-state index in [1.54, 1.807) is 6.07 Å². The number of hydrogen-bond donors (Lipinski definition) is 3. The molecule has 0 saturated carbocycles. The van der Waals surface area contributed by atoms with Gasteiger partial charge in [0.05, 0.1) is 7.11 Å². The summed E-state index contributed by atoms with van der Waals surface area (Å²) in [6, 6.07) is 4.61. The van der Waals surface area contributed by atoms with Crippen LogP contribution in [0.25, 0.3) is 0 Å². The zero-order valence-electron chi connectivity index (χ0n) is 9.69. The smallest absolute Gasteiger partial charge is 0.265 e. The number of methoxy groups -OCH3 is 1. The van der Waals surface area contributed by atoms with E-state index in [4.69, 9.17) is 15.6 Å². The first kappa shape index (κ1) is 14.2. The Morgan fingerprint density at radius 3 is 2.78 bits per heavy atom. The number of aliphatic hydroxyl groups excluding tert-OH is 1. The molecule has 1 amide bonds. The molecule has 1 aromatic rings. The van der Waals surface area contributed by atoms with Crippen LogP contribution in [0.5, 0.6) is 5.75 Å². The van der Waals surface area contributed by atoms with Crippen LogP contribution in [0.15, 0.2) is 18.2 Å². The van der Waals surface area contributed by atoms with Gasteiger partial charge >= 0.3 is 0 Å². The molecule has 0 radical (unpaired) electrons. The number of aliphatic hydroxyl groups is 1. The second kappa shape index (κ2) is 6.15. The average Bonchev–Trinajstić information content (AvgIpc) is 2.34. The molecule has 0 aliphatic rings. The van der Waals surface area contributed by atoms with Gasteiger partial charge < -0.3 is 20.9 Å². The summed E-state index contributed by atoms with van der Waals surface area (Å²) in [5, 5.41) is 11.1. The van der Waals surface area contributed by atoms with Gasteiger partial charge in [0.1, 0.15) is 17.4 Å². The minimum absolute atomic E-state index is 0.0569. The van der Waals surface area contributed by atoms with E-state index in [0.717, 1.165) is 0 Å². The first-order valence-corrected chi connectivity index (χ1v) is 5.14. The zero-order valence-corrected chi connectivity index (χ0v) is 9.69. The maximum atomic E-state index is 12.1. The highest BCUT2D eigenvalue weighted by molar-refractivity contribution is 6.01. The number of anilines is 1. The molecular formula is C11H14F2N2O3. The number of amides is 1. The maximum Gasteiger partial charge on any atom is 0.265 e.